The van der Waals surface area contributed by atoms with Crippen LogP contribution in [0, 0.1) is 18.8 Å². The van der Waals surface area contributed by atoms with Crippen LogP contribution in [0.4, 0.5) is 5.69 Å². The van der Waals surface area contributed by atoms with Crippen LogP contribution in [-0.2, 0) is 26.3 Å². The largest absolute Gasteiger partial charge is 0.387 e. The number of imide groups is 1. The normalized spacial score (nSPS) is 30.0. The second-order valence-corrected chi connectivity index (χ2v) is 8.92. The van der Waals surface area contributed by atoms with Crippen molar-refractivity contribution in [2.45, 2.75) is 38.0 Å². The number of nitrogens with two attached hydrogens (primary N) is 1. The maximum absolute atomic E-state index is 13.6. The Balaban J connectivity index is 1.55. The van der Waals surface area contributed by atoms with Gasteiger partial charge in [-0.2, -0.15) is 0 Å². The summed E-state index contributed by atoms with van der Waals surface area (Å²) in [5.74, 6) is -2.48. The lowest BCUT2D eigenvalue weighted by molar-refractivity contribution is -0.738. The molecule has 3 aliphatic heterocycles. The first-order valence-corrected chi connectivity index (χ1v) is 10.7. The Morgan fingerprint density at radius 2 is 1.87 bits per heavy atom. The number of aliphatic hydroxyl groups is 1. The van der Waals surface area contributed by atoms with E-state index in [0.29, 0.717) is 12.1 Å². The van der Waals surface area contributed by atoms with Crippen molar-refractivity contribution < 1.29 is 24.8 Å². The number of hydrogen-bond acceptors (Lipinski definition) is 4. The number of likely N-dealkylation sites (tertiary alicyclic amines) is 1. The van der Waals surface area contributed by atoms with Crippen molar-refractivity contribution in [3.05, 3.63) is 65.2 Å². The Morgan fingerprint density at radius 1 is 1.13 bits per heavy atom. The van der Waals surface area contributed by atoms with Gasteiger partial charge in [0, 0.05) is 12.1 Å². The first-order chi connectivity index (χ1) is 14.8. The van der Waals surface area contributed by atoms with Crippen molar-refractivity contribution in [1.82, 2.24) is 4.90 Å². The Labute approximate surface area is 180 Å². The maximum Gasteiger partial charge on any atom is 0.291 e. The van der Waals surface area contributed by atoms with E-state index in [1.165, 1.54) is 4.90 Å². The number of nitrogens with zero attached hydrogens (tertiary/aromatic N) is 1. The van der Waals surface area contributed by atoms with Gasteiger partial charge in [-0.25, -0.2) is 0 Å². The summed E-state index contributed by atoms with van der Waals surface area (Å²) >= 11 is 0. The van der Waals surface area contributed by atoms with Crippen LogP contribution in [0.15, 0.2) is 48.5 Å². The number of benzene rings is 2. The zero-order valence-electron chi connectivity index (χ0n) is 17.5. The summed E-state index contributed by atoms with van der Waals surface area (Å²) in [6.07, 6.45) is -0.297. The topological polar surface area (TPSA) is 103 Å². The molecule has 0 saturated carbocycles. The molecule has 0 radical (unpaired) electrons. The number of amides is 3. The van der Waals surface area contributed by atoms with Gasteiger partial charge in [0.1, 0.15) is 24.0 Å². The van der Waals surface area contributed by atoms with E-state index in [4.69, 9.17) is 0 Å². The molecule has 160 valence electrons. The maximum atomic E-state index is 13.6. The highest BCUT2D eigenvalue weighted by molar-refractivity contribution is 6.13. The molecule has 5 rings (SSSR count). The number of fused-ring (bicyclic) bond motifs is 4. The van der Waals surface area contributed by atoms with Crippen LogP contribution < -0.4 is 10.6 Å². The number of rotatable bonds is 4. The summed E-state index contributed by atoms with van der Waals surface area (Å²) in [6, 6.07) is 14.8. The number of carbonyl (C=O) groups is 3. The molecule has 5 atom stereocenters. The van der Waals surface area contributed by atoms with E-state index >= 15 is 0 Å². The molecule has 3 heterocycles. The van der Waals surface area contributed by atoms with Crippen molar-refractivity contribution in [1.29, 1.82) is 0 Å². The minimum Gasteiger partial charge on any atom is -0.387 e. The van der Waals surface area contributed by atoms with Crippen molar-refractivity contribution in [2.75, 3.05) is 11.9 Å². The zero-order chi connectivity index (χ0) is 21.9. The molecule has 2 aromatic rings. The van der Waals surface area contributed by atoms with E-state index in [-0.39, 0.29) is 24.3 Å². The molecular weight excluding hydrogens is 394 g/mol. The highest BCUT2D eigenvalue weighted by Gasteiger charge is 2.74. The van der Waals surface area contributed by atoms with E-state index in [1.54, 1.807) is 12.2 Å². The van der Waals surface area contributed by atoms with E-state index < -0.39 is 29.5 Å². The van der Waals surface area contributed by atoms with Crippen LogP contribution in [0.2, 0.25) is 0 Å². The minimum absolute atomic E-state index is 0.263. The highest BCUT2D eigenvalue weighted by atomic mass is 16.3. The minimum atomic E-state index is -1.23. The van der Waals surface area contributed by atoms with Crippen LogP contribution in [0.1, 0.15) is 23.6 Å². The van der Waals surface area contributed by atoms with Gasteiger partial charge in [-0.15, -0.1) is 0 Å². The Kier molecular flexibility index (Phi) is 4.50. The third-order valence-corrected chi connectivity index (χ3v) is 7.07. The van der Waals surface area contributed by atoms with Crippen molar-refractivity contribution in [3.63, 3.8) is 0 Å². The molecule has 7 heteroatoms. The van der Waals surface area contributed by atoms with Gasteiger partial charge in [0.2, 0.25) is 17.4 Å². The van der Waals surface area contributed by atoms with Crippen molar-refractivity contribution in [3.8, 4) is 0 Å². The predicted octanol–water partition coefficient (Wildman–Crippen LogP) is 0.313. The second kappa shape index (κ2) is 7.00. The van der Waals surface area contributed by atoms with E-state index in [0.717, 1.165) is 16.7 Å². The molecule has 0 aromatic heterocycles. The molecule has 1 spiro atoms. The molecule has 0 unspecified atom stereocenters. The van der Waals surface area contributed by atoms with Crippen molar-refractivity contribution in [2.24, 2.45) is 11.8 Å². The van der Waals surface area contributed by atoms with Gasteiger partial charge >= 0.3 is 0 Å². The number of hydrogen-bond donors (Lipinski definition) is 3. The van der Waals surface area contributed by atoms with Gasteiger partial charge < -0.3 is 15.7 Å². The quantitative estimate of drug-likeness (QED) is 0.620. The summed E-state index contributed by atoms with van der Waals surface area (Å²) < 4.78 is 0. The molecule has 2 aromatic carbocycles. The fourth-order valence-electron chi connectivity index (χ4n) is 5.61. The number of nitrogens with one attached hydrogen (secondary N) is 1. The number of aliphatic hydroxyl groups excluding tert-OH is 1. The van der Waals surface area contributed by atoms with Gasteiger partial charge in [-0.1, -0.05) is 42.0 Å². The zero-order valence-corrected chi connectivity index (χ0v) is 17.5. The molecule has 0 aliphatic carbocycles. The number of quaternary nitrogens is 1. The molecule has 3 aliphatic rings. The number of anilines is 1. The van der Waals surface area contributed by atoms with Gasteiger partial charge in [0.15, 0.2) is 0 Å². The van der Waals surface area contributed by atoms with Gasteiger partial charge in [0.25, 0.3) is 5.91 Å². The fourth-order valence-corrected chi connectivity index (χ4v) is 5.61. The lowest BCUT2D eigenvalue weighted by atomic mass is 9.76. The molecule has 0 bridgehead atoms. The molecule has 2 fully saturated rings. The average molecular weight is 420 g/mol. The van der Waals surface area contributed by atoms with Crippen LogP contribution in [0.5, 0.6) is 0 Å². The highest BCUT2D eigenvalue weighted by Crippen LogP contribution is 2.49. The summed E-state index contributed by atoms with van der Waals surface area (Å²) in [5.41, 5.74) is 2.16. The molecule has 3 amide bonds. The molecular formula is C24H26N3O4+. The first kappa shape index (κ1) is 19.9. The lowest BCUT2D eigenvalue weighted by Crippen LogP contribution is -3.00. The standard InChI is InChI=1S/C24H25N3O4/c1-13-8-9-17-16(12-13)24(23(31)25-17)19-18(20(26-24)14(2)28)21(29)27(22(19)30)11-10-15-6-4-3-5-7-15/h3-9,12,14,18-20,26,28H,10-11H2,1-2H3,(H,25,31)/p+1/t14-,18+,19+,20-,24+/m1/s1. The van der Waals surface area contributed by atoms with Gasteiger partial charge in [-0.3, -0.25) is 19.3 Å². The Bertz CT molecular complexity index is 1080. The predicted molar refractivity (Wildman–Crippen MR) is 113 cm³/mol. The second-order valence-electron chi connectivity index (χ2n) is 8.92. The van der Waals surface area contributed by atoms with Gasteiger partial charge in [-0.05, 0) is 38.0 Å². The lowest BCUT2D eigenvalue weighted by Gasteiger charge is -2.27. The van der Waals surface area contributed by atoms with Gasteiger partial charge in [0.05, 0.1) is 5.69 Å². The van der Waals surface area contributed by atoms with E-state index in [9.17, 15) is 19.5 Å². The third kappa shape index (κ3) is 2.77. The fraction of sp³-hybridized carbons (Fsp3) is 0.375. The van der Waals surface area contributed by atoms with E-state index in [2.05, 4.69) is 5.32 Å². The number of aryl methyl sites for hydroxylation is 1. The SMILES string of the molecule is Cc1ccc2c(c1)[C@@]1([NH2+][C@H]([C@@H](C)O)[C@H]3C(=O)N(CCc4ccccc4)C(=O)[C@H]31)C(=O)N2. The van der Waals surface area contributed by atoms with Crippen LogP contribution in [-0.4, -0.2) is 46.4 Å². The van der Waals surface area contributed by atoms with Crippen LogP contribution >= 0.6 is 0 Å². The number of carbonyl (C=O) groups excluding carboxylic acids is 3. The molecule has 4 N–H and O–H groups in total. The Morgan fingerprint density at radius 3 is 2.58 bits per heavy atom. The van der Waals surface area contributed by atoms with E-state index in [1.807, 2.05) is 55.5 Å². The summed E-state index contributed by atoms with van der Waals surface area (Å²) in [7, 11) is 0. The summed E-state index contributed by atoms with van der Waals surface area (Å²) in [5, 5.41) is 15.2. The monoisotopic (exact) mass is 420 g/mol. The first-order valence-electron chi connectivity index (χ1n) is 10.7. The average Bonchev–Trinajstić information content (AvgIpc) is 3.33. The summed E-state index contributed by atoms with van der Waals surface area (Å²) in [6.45, 7) is 3.81. The third-order valence-electron chi connectivity index (χ3n) is 7.07. The molecule has 2 saturated heterocycles. The smallest absolute Gasteiger partial charge is 0.291 e. The Hall–Kier alpha value is -3.03. The van der Waals surface area contributed by atoms with Crippen LogP contribution in [0.3, 0.4) is 0 Å². The molecule has 31 heavy (non-hydrogen) atoms. The van der Waals surface area contributed by atoms with Crippen LogP contribution in [0.25, 0.3) is 0 Å². The molecule has 7 nitrogen and oxygen atoms in total. The summed E-state index contributed by atoms with van der Waals surface area (Å²) in [4.78, 5) is 41.6. The van der Waals surface area contributed by atoms with Crippen molar-refractivity contribution >= 4 is 23.4 Å².